The Balaban J connectivity index is 2.56. The van der Waals surface area contributed by atoms with Gasteiger partial charge in [0, 0.05) is 18.5 Å². The lowest BCUT2D eigenvalue weighted by Gasteiger charge is -2.12. The molecule has 0 saturated carbocycles. The van der Waals surface area contributed by atoms with Crippen molar-refractivity contribution >= 4 is 29.3 Å². The fourth-order valence-electron chi connectivity index (χ4n) is 1.76. The van der Waals surface area contributed by atoms with E-state index in [-0.39, 0.29) is 17.1 Å². The van der Waals surface area contributed by atoms with Gasteiger partial charge in [0.1, 0.15) is 10.4 Å². The number of carbonyl (C=O) groups is 1. The molecule has 0 aliphatic heterocycles. The van der Waals surface area contributed by atoms with E-state index in [1.54, 1.807) is 37.4 Å². The molecule has 22 heavy (non-hydrogen) atoms. The van der Waals surface area contributed by atoms with Crippen molar-refractivity contribution in [1.82, 2.24) is 4.57 Å². The van der Waals surface area contributed by atoms with Crippen LogP contribution < -0.4 is 14.8 Å². The zero-order chi connectivity index (χ0) is 16.5. The van der Waals surface area contributed by atoms with Crippen molar-refractivity contribution < 1.29 is 9.90 Å². The van der Waals surface area contributed by atoms with Crippen molar-refractivity contribution in [3.05, 3.63) is 49.4 Å². The zero-order valence-electron chi connectivity index (χ0n) is 13.1. The molecule has 0 amide bonds. The highest BCUT2D eigenvalue weighted by molar-refractivity contribution is 7.07. The molecule has 116 valence electrons. The molecule has 0 unspecified atom stereocenters. The quantitative estimate of drug-likeness (QED) is 0.910. The summed E-state index contributed by atoms with van der Waals surface area (Å²) in [6.45, 7) is 5.54. The van der Waals surface area contributed by atoms with E-state index in [2.05, 4.69) is 0 Å². The third kappa shape index (κ3) is 3.54. The van der Waals surface area contributed by atoms with Gasteiger partial charge in [0.25, 0.3) is 5.56 Å². The molecule has 0 atom stereocenters. The van der Waals surface area contributed by atoms with Crippen LogP contribution in [0.2, 0.25) is 0 Å². The second-order valence-electron chi connectivity index (χ2n) is 6.16. The molecule has 1 N–H and O–H groups in total. The summed E-state index contributed by atoms with van der Waals surface area (Å²) < 4.78 is 2.68. The predicted octanol–water partition coefficient (Wildman–Crippen LogP) is 1.38. The average Bonchev–Trinajstić information content (AvgIpc) is 2.69. The van der Waals surface area contributed by atoms with E-state index in [9.17, 15) is 14.7 Å². The van der Waals surface area contributed by atoms with Crippen molar-refractivity contribution in [2.24, 2.45) is 12.5 Å². The van der Waals surface area contributed by atoms with E-state index in [1.807, 2.05) is 20.8 Å². The number of benzene rings is 1. The number of aromatic nitrogens is 1. The second-order valence-corrected chi connectivity index (χ2v) is 7.23. The zero-order valence-corrected chi connectivity index (χ0v) is 13.9. The Bertz CT molecular complexity index is 865. The van der Waals surface area contributed by atoms with Gasteiger partial charge in [0.2, 0.25) is 0 Å². The van der Waals surface area contributed by atoms with E-state index < -0.39 is 5.41 Å². The molecular formula is C17H19NO3S. The molecule has 2 rings (SSSR count). The molecule has 0 aliphatic rings. The SMILES string of the molecule is Cn1c(=CC(=O)C(C)(C)C)sc(=Cc2ccc(O)cc2)c1=O. The van der Waals surface area contributed by atoms with E-state index in [0.717, 1.165) is 5.56 Å². The highest BCUT2D eigenvalue weighted by Gasteiger charge is 2.19. The first-order valence-corrected chi connectivity index (χ1v) is 7.73. The lowest BCUT2D eigenvalue weighted by Crippen LogP contribution is -2.30. The van der Waals surface area contributed by atoms with Crippen LogP contribution in [0.3, 0.4) is 0 Å². The second kappa shape index (κ2) is 5.93. The van der Waals surface area contributed by atoms with Gasteiger partial charge in [-0.05, 0) is 23.8 Å². The van der Waals surface area contributed by atoms with Crippen LogP contribution in [0.15, 0.2) is 29.1 Å². The first-order valence-electron chi connectivity index (χ1n) is 6.91. The van der Waals surface area contributed by atoms with Crippen LogP contribution in [0, 0.1) is 5.41 Å². The van der Waals surface area contributed by atoms with Gasteiger partial charge in [-0.25, -0.2) is 0 Å². The molecule has 0 spiro atoms. The number of carbonyl (C=O) groups excluding carboxylic acids is 1. The maximum atomic E-state index is 12.3. The third-order valence-electron chi connectivity index (χ3n) is 3.25. The number of nitrogens with zero attached hydrogens (tertiary/aromatic N) is 1. The maximum absolute atomic E-state index is 12.3. The van der Waals surface area contributed by atoms with Crippen molar-refractivity contribution in [2.45, 2.75) is 20.8 Å². The van der Waals surface area contributed by atoms with E-state index in [0.29, 0.717) is 9.20 Å². The van der Waals surface area contributed by atoms with Gasteiger partial charge in [0.05, 0.1) is 4.53 Å². The number of hydrogen-bond acceptors (Lipinski definition) is 4. The summed E-state index contributed by atoms with van der Waals surface area (Å²) in [4.78, 5) is 24.4. The third-order valence-corrected chi connectivity index (χ3v) is 4.36. The standard InChI is InChI=1S/C17H19NO3S/c1-17(2,3)14(20)10-15-18(4)16(21)13(22-15)9-11-5-7-12(19)8-6-11/h5-10,19H,1-4H3. The summed E-state index contributed by atoms with van der Waals surface area (Å²) in [5.74, 6) is 0.168. The molecular weight excluding hydrogens is 298 g/mol. The number of Topliss-reactive ketones (excluding diaryl/α,β-unsaturated/α-hetero) is 1. The predicted molar refractivity (Wildman–Crippen MR) is 89.4 cm³/mol. The Hall–Kier alpha value is -2.14. The lowest BCUT2D eigenvalue weighted by molar-refractivity contribution is -0.120. The van der Waals surface area contributed by atoms with Crippen molar-refractivity contribution in [1.29, 1.82) is 0 Å². The average molecular weight is 317 g/mol. The maximum Gasteiger partial charge on any atom is 0.268 e. The lowest BCUT2D eigenvalue weighted by atomic mass is 9.91. The van der Waals surface area contributed by atoms with Crippen LogP contribution >= 0.6 is 11.3 Å². The van der Waals surface area contributed by atoms with Crippen LogP contribution in [0.1, 0.15) is 26.3 Å². The van der Waals surface area contributed by atoms with Gasteiger partial charge in [-0.3, -0.25) is 9.59 Å². The molecule has 4 nitrogen and oxygen atoms in total. The minimum Gasteiger partial charge on any atom is -0.508 e. The molecule has 1 heterocycles. The topological polar surface area (TPSA) is 59.3 Å². The van der Waals surface area contributed by atoms with Crippen LogP contribution in [0.5, 0.6) is 5.75 Å². The summed E-state index contributed by atoms with van der Waals surface area (Å²) in [6.07, 6.45) is 3.28. The molecule has 5 heteroatoms. The molecule has 1 aromatic heterocycles. The molecule has 2 aromatic rings. The molecule has 0 radical (unpaired) electrons. The van der Waals surface area contributed by atoms with Gasteiger partial charge in [0.15, 0.2) is 5.78 Å². The first kappa shape index (κ1) is 16.2. The number of phenolic OH excluding ortho intramolecular Hbond substituents is 1. The van der Waals surface area contributed by atoms with Crippen molar-refractivity contribution in [3.8, 4) is 5.75 Å². The molecule has 0 fully saturated rings. The Labute approximate surface area is 132 Å². The summed E-state index contributed by atoms with van der Waals surface area (Å²) >= 11 is 1.29. The van der Waals surface area contributed by atoms with Gasteiger partial charge in [-0.1, -0.05) is 32.9 Å². The first-order chi connectivity index (χ1) is 10.2. The van der Waals surface area contributed by atoms with Gasteiger partial charge >= 0.3 is 0 Å². The van der Waals surface area contributed by atoms with E-state index >= 15 is 0 Å². The molecule has 1 aromatic carbocycles. The van der Waals surface area contributed by atoms with Crippen LogP contribution in [0.25, 0.3) is 12.2 Å². The summed E-state index contributed by atoms with van der Waals surface area (Å²) in [5, 5.41) is 9.28. The highest BCUT2D eigenvalue weighted by atomic mass is 32.1. The van der Waals surface area contributed by atoms with E-state index in [1.165, 1.54) is 22.0 Å². The number of aromatic hydroxyl groups is 1. The molecule has 0 bridgehead atoms. The van der Waals surface area contributed by atoms with Crippen molar-refractivity contribution in [3.63, 3.8) is 0 Å². The monoisotopic (exact) mass is 317 g/mol. The number of phenols is 1. The minimum atomic E-state index is -0.471. The van der Waals surface area contributed by atoms with Crippen molar-refractivity contribution in [2.75, 3.05) is 0 Å². The summed E-state index contributed by atoms with van der Waals surface area (Å²) in [7, 11) is 1.66. The molecule has 0 aliphatic carbocycles. The Morgan fingerprint density at radius 2 is 1.82 bits per heavy atom. The van der Waals surface area contributed by atoms with Gasteiger partial charge < -0.3 is 9.67 Å². The number of ketones is 1. The largest absolute Gasteiger partial charge is 0.508 e. The number of rotatable bonds is 2. The van der Waals surface area contributed by atoms with Gasteiger partial charge in [-0.15, -0.1) is 11.3 Å². The van der Waals surface area contributed by atoms with Crippen LogP contribution in [-0.2, 0) is 11.8 Å². The fourth-order valence-corrected chi connectivity index (χ4v) is 2.79. The summed E-state index contributed by atoms with van der Waals surface area (Å²) in [6, 6.07) is 6.61. The smallest absolute Gasteiger partial charge is 0.268 e. The normalized spacial score (nSPS) is 13.6. The number of thiazole rings is 1. The number of hydrogen-bond donors (Lipinski definition) is 1. The molecule has 0 saturated heterocycles. The summed E-state index contributed by atoms with van der Waals surface area (Å²) in [5.41, 5.74) is 0.220. The Morgan fingerprint density at radius 1 is 1.23 bits per heavy atom. The Kier molecular flexibility index (Phi) is 4.37. The fraction of sp³-hybridized carbons (Fsp3) is 0.294. The minimum absolute atomic E-state index is 0.0134. The highest BCUT2D eigenvalue weighted by Crippen LogP contribution is 2.14. The van der Waals surface area contributed by atoms with Crippen LogP contribution in [-0.4, -0.2) is 15.5 Å². The Morgan fingerprint density at radius 3 is 2.36 bits per heavy atom. The van der Waals surface area contributed by atoms with E-state index in [4.69, 9.17) is 0 Å². The van der Waals surface area contributed by atoms with Gasteiger partial charge in [-0.2, -0.15) is 0 Å². The van der Waals surface area contributed by atoms with Crippen LogP contribution in [0.4, 0.5) is 0 Å².